The van der Waals surface area contributed by atoms with Crippen molar-refractivity contribution < 1.29 is 5.11 Å². The van der Waals surface area contributed by atoms with Crippen LogP contribution in [0.15, 0.2) is 54.6 Å². The molecule has 1 atom stereocenters. The van der Waals surface area contributed by atoms with Gasteiger partial charge in [-0.1, -0.05) is 42.5 Å². The van der Waals surface area contributed by atoms with Gasteiger partial charge in [0, 0.05) is 25.1 Å². The van der Waals surface area contributed by atoms with Crippen LogP contribution in [0.2, 0.25) is 0 Å². The number of rotatable bonds is 7. The highest BCUT2D eigenvalue weighted by atomic mass is 16.3. The van der Waals surface area contributed by atoms with Crippen LogP contribution in [0, 0.1) is 12.3 Å². The van der Waals surface area contributed by atoms with E-state index in [1.54, 1.807) is 0 Å². The van der Waals surface area contributed by atoms with E-state index in [1.807, 2.05) is 24.3 Å². The Hall–Kier alpha value is -2.30. The summed E-state index contributed by atoms with van der Waals surface area (Å²) in [6, 6.07) is 18.7. The summed E-state index contributed by atoms with van der Waals surface area (Å²) in [7, 11) is 0. The van der Waals surface area contributed by atoms with E-state index in [2.05, 4.69) is 42.2 Å². The molecule has 0 saturated carbocycles. The Labute approximate surface area is 173 Å². The van der Waals surface area contributed by atoms with E-state index in [-0.39, 0.29) is 12.0 Å². The van der Waals surface area contributed by atoms with Crippen molar-refractivity contribution in [1.29, 1.82) is 0 Å². The molecule has 3 aromatic rings. The van der Waals surface area contributed by atoms with Gasteiger partial charge in [-0.25, -0.2) is 9.97 Å². The summed E-state index contributed by atoms with van der Waals surface area (Å²) in [6.45, 7) is 5.13. The smallest absolute Gasteiger partial charge is 0.0890 e. The Balaban J connectivity index is 1.42. The van der Waals surface area contributed by atoms with E-state index in [4.69, 9.17) is 9.97 Å². The molecular formula is C25H31N3O. The van der Waals surface area contributed by atoms with Gasteiger partial charge in [-0.05, 0) is 63.3 Å². The van der Waals surface area contributed by atoms with Crippen molar-refractivity contribution in [3.63, 3.8) is 0 Å². The van der Waals surface area contributed by atoms with E-state index in [1.165, 1.54) is 5.56 Å². The third-order valence-electron chi connectivity index (χ3n) is 6.31. The maximum atomic E-state index is 10.3. The standard InChI is InChI=1S/C25H31N3O/c1-20-24(27-23-13-6-5-12-22(23)26-20)17-28-16-8-15-25(18-28,19-29)14-7-11-21-9-3-2-4-10-21/h2-6,9-10,12-13,29H,7-8,11,14-19H2,1H3. The second kappa shape index (κ2) is 9.02. The highest BCUT2D eigenvalue weighted by Gasteiger charge is 2.34. The van der Waals surface area contributed by atoms with E-state index < -0.39 is 0 Å². The zero-order valence-electron chi connectivity index (χ0n) is 17.3. The van der Waals surface area contributed by atoms with Crippen LogP contribution in [0.1, 0.15) is 42.6 Å². The monoisotopic (exact) mass is 389 g/mol. The van der Waals surface area contributed by atoms with Crippen LogP contribution < -0.4 is 0 Å². The van der Waals surface area contributed by atoms with Gasteiger partial charge in [-0.15, -0.1) is 0 Å². The van der Waals surface area contributed by atoms with Gasteiger partial charge in [0.2, 0.25) is 0 Å². The minimum atomic E-state index is 0.00517. The Morgan fingerprint density at radius 1 is 1.00 bits per heavy atom. The fraction of sp³-hybridized carbons (Fsp3) is 0.440. The average molecular weight is 390 g/mol. The molecular weight excluding hydrogens is 358 g/mol. The molecule has 29 heavy (non-hydrogen) atoms. The number of aryl methyl sites for hydroxylation is 2. The first-order chi connectivity index (χ1) is 14.2. The predicted molar refractivity (Wildman–Crippen MR) is 118 cm³/mol. The number of aliphatic hydroxyl groups excluding tert-OH is 1. The molecule has 1 N–H and O–H groups in total. The summed E-state index contributed by atoms with van der Waals surface area (Å²) in [5, 5.41) is 10.3. The van der Waals surface area contributed by atoms with Gasteiger partial charge < -0.3 is 5.11 Å². The number of fused-ring (bicyclic) bond motifs is 1. The third-order valence-corrected chi connectivity index (χ3v) is 6.31. The van der Waals surface area contributed by atoms with Crippen LogP contribution in [0.4, 0.5) is 0 Å². The van der Waals surface area contributed by atoms with Gasteiger partial charge in [-0.3, -0.25) is 4.90 Å². The summed E-state index contributed by atoms with van der Waals surface area (Å²) in [4.78, 5) is 12.1. The minimum absolute atomic E-state index is 0.00517. The Morgan fingerprint density at radius 3 is 2.48 bits per heavy atom. The van der Waals surface area contributed by atoms with Gasteiger partial charge in [0.1, 0.15) is 0 Å². The van der Waals surface area contributed by atoms with Crippen LogP contribution in [0.3, 0.4) is 0 Å². The first kappa shape index (κ1) is 20.0. The molecule has 4 heteroatoms. The molecule has 1 unspecified atom stereocenters. The molecule has 152 valence electrons. The fourth-order valence-corrected chi connectivity index (χ4v) is 4.66. The molecule has 4 nitrogen and oxygen atoms in total. The van der Waals surface area contributed by atoms with Crippen LogP contribution in [-0.2, 0) is 13.0 Å². The number of hydrogen-bond acceptors (Lipinski definition) is 4. The molecule has 0 bridgehead atoms. The molecule has 0 radical (unpaired) electrons. The average Bonchev–Trinajstić information content (AvgIpc) is 2.75. The number of likely N-dealkylation sites (tertiary alicyclic amines) is 1. The highest BCUT2D eigenvalue weighted by molar-refractivity contribution is 5.74. The Kier molecular flexibility index (Phi) is 6.22. The lowest BCUT2D eigenvalue weighted by molar-refractivity contribution is 0.0202. The van der Waals surface area contributed by atoms with Gasteiger partial charge in [-0.2, -0.15) is 0 Å². The number of para-hydroxylation sites is 2. The van der Waals surface area contributed by atoms with Crippen molar-refractivity contribution in [2.24, 2.45) is 5.41 Å². The Bertz CT molecular complexity index is 943. The van der Waals surface area contributed by atoms with Gasteiger partial charge in [0.05, 0.1) is 22.4 Å². The van der Waals surface area contributed by atoms with Crippen LogP contribution in [-0.4, -0.2) is 39.7 Å². The summed E-state index contributed by atoms with van der Waals surface area (Å²) in [5.41, 5.74) is 5.37. The first-order valence-electron chi connectivity index (χ1n) is 10.8. The van der Waals surface area contributed by atoms with Crippen LogP contribution in [0.5, 0.6) is 0 Å². The lowest BCUT2D eigenvalue weighted by Crippen LogP contribution is -2.45. The van der Waals surface area contributed by atoms with Crippen molar-refractivity contribution in [3.8, 4) is 0 Å². The number of benzene rings is 2. The van der Waals surface area contributed by atoms with Crippen molar-refractivity contribution in [2.45, 2.75) is 45.6 Å². The first-order valence-corrected chi connectivity index (χ1v) is 10.8. The second-order valence-electron chi connectivity index (χ2n) is 8.56. The SMILES string of the molecule is Cc1nc2ccccc2nc1CN1CCCC(CO)(CCCc2ccccc2)C1. The lowest BCUT2D eigenvalue weighted by Gasteiger charge is -2.42. The molecule has 1 fully saturated rings. The number of aliphatic hydroxyl groups is 1. The molecule has 0 spiro atoms. The number of piperidine rings is 1. The normalized spacial score (nSPS) is 20.2. The van der Waals surface area contributed by atoms with Crippen molar-refractivity contribution in [1.82, 2.24) is 14.9 Å². The third kappa shape index (κ3) is 4.82. The number of hydrogen-bond donors (Lipinski definition) is 1. The molecule has 1 aliphatic rings. The predicted octanol–water partition coefficient (Wildman–Crippen LogP) is 4.54. The molecule has 1 aromatic heterocycles. The molecule has 2 heterocycles. The van der Waals surface area contributed by atoms with Crippen LogP contribution in [0.25, 0.3) is 11.0 Å². The minimum Gasteiger partial charge on any atom is -0.396 e. The maximum absolute atomic E-state index is 10.3. The fourth-order valence-electron chi connectivity index (χ4n) is 4.66. The maximum Gasteiger partial charge on any atom is 0.0890 e. The van der Waals surface area contributed by atoms with Gasteiger partial charge in [0.15, 0.2) is 0 Å². The van der Waals surface area contributed by atoms with Crippen molar-refractivity contribution in [2.75, 3.05) is 19.7 Å². The van der Waals surface area contributed by atoms with E-state index >= 15 is 0 Å². The molecule has 1 saturated heterocycles. The molecule has 4 rings (SSSR count). The van der Waals surface area contributed by atoms with Crippen LogP contribution >= 0.6 is 0 Å². The highest BCUT2D eigenvalue weighted by Crippen LogP contribution is 2.35. The zero-order chi connectivity index (χ0) is 20.1. The van der Waals surface area contributed by atoms with E-state index in [0.717, 1.165) is 74.2 Å². The van der Waals surface area contributed by atoms with Gasteiger partial charge in [0.25, 0.3) is 0 Å². The zero-order valence-corrected chi connectivity index (χ0v) is 17.3. The lowest BCUT2D eigenvalue weighted by atomic mass is 9.76. The number of aromatic nitrogens is 2. The summed E-state index contributed by atoms with van der Waals surface area (Å²) in [5.74, 6) is 0. The van der Waals surface area contributed by atoms with E-state index in [0.29, 0.717) is 0 Å². The summed E-state index contributed by atoms with van der Waals surface area (Å²) in [6.07, 6.45) is 5.51. The van der Waals surface area contributed by atoms with Crippen molar-refractivity contribution in [3.05, 3.63) is 71.5 Å². The molecule has 0 aliphatic carbocycles. The van der Waals surface area contributed by atoms with E-state index in [9.17, 15) is 5.11 Å². The quantitative estimate of drug-likeness (QED) is 0.645. The Morgan fingerprint density at radius 2 is 1.72 bits per heavy atom. The largest absolute Gasteiger partial charge is 0.396 e. The second-order valence-corrected chi connectivity index (χ2v) is 8.56. The molecule has 1 aliphatic heterocycles. The number of nitrogens with zero attached hydrogens (tertiary/aromatic N) is 3. The summed E-state index contributed by atoms with van der Waals surface area (Å²) >= 11 is 0. The molecule has 0 amide bonds. The van der Waals surface area contributed by atoms with Crippen molar-refractivity contribution >= 4 is 11.0 Å². The molecule has 2 aromatic carbocycles. The topological polar surface area (TPSA) is 49.2 Å². The van der Waals surface area contributed by atoms with Gasteiger partial charge >= 0.3 is 0 Å². The summed E-state index contributed by atoms with van der Waals surface area (Å²) < 4.78 is 0.